The Balaban J connectivity index is 1.58. The van der Waals surface area contributed by atoms with Gasteiger partial charge in [0.15, 0.2) is 0 Å². The summed E-state index contributed by atoms with van der Waals surface area (Å²) < 4.78 is 1.04. The first kappa shape index (κ1) is 16.6. The van der Waals surface area contributed by atoms with E-state index in [-0.39, 0.29) is 17.5 Å². The summed E-state index contributed by atoms with van der Waals surface area (Å²) >= 11 is 3.57. The Labute approximate surface area is 153 Å². The molecule has 1 saturated carbocycles. The molecule has 1 aromatic carbocycles. The molecular formula is C20H26BrN2O. The van der Waals surface area contributed by atoms with E-state index in [1.165, 1.54) is 19.3 Å². The van der Waals surface area contributed by atoms with Crippen molar-refractivity contribution in [2.45, 2.75) is 62.9 Å². The van der Waals surface area contributed by atoms with Gasteiger partial charge in [-0.2, -0.15) is 0 Å². The van der Waals surface area contributed by atoms with Gasteiger partial charge < -0.3 is 4.90 Å². The third-order valence-corrected chi connectivity index (χ3v) is 6.76. The molecule has 1 saturated heterocycles. The van der Waals surface area contributed by atoms with E-state index in [1.807, 2.05) is 19.9 Å². The monoisotopic (exact) mass is 389 g/mol. The number of amides is 1. The first-order valence-corrected chi connectivity index (χ1v) is 9.86. The standard InChI is InChI=1S/C20H26BrN2O/c1-19(2)16-8-7-14(21)11-17(16)23(18(19)24)15-12-20(3,13-15)22-9-5-4-6-10-22/h7-8,11,15H,3-6,9-10,12-13H2,1-2H3/t15-,20+. The van der Waals surface area contributed by atoms with Gasteiger partial charge in [0.05, 0.1) is 5.41 Å². The maximum Gasteiger partial charge on any atom is 0.237 e. The minimum atomic E-state index is -0.430. The van der Waals surface area contributed by atoms with Crippen LogP contribution in [0.25, 0.3) is 0 Å². The lowest BCUT2D eigenvalue weighted by atomic mass is 9.71. The number of halogens is 1. The summed E-state index contributed by atoms with van der Waals surface area (Å²) in [6.45, 7) is 11.0. The van der Waals surface area contributed by atoms with Crippen LogP contribution in [0, 0.1) is 6.92 Å². The van der Waals surface area contributed by atoms with Crippen LogP contribution in [-0.4, -0.2) is 35.5 Å². The van der Waals surface area contributed by atoms with E-state index < -0.39 is 5.41 Å². The highest BCUT2D eigenvalue weighted by atomic mass is 79.9. The third kappa shape index (κ3) is 2.37. The molecule has 3 nitrogen and oxygen atoms in total. The first-order valence-electron chi connectivity index (χ1n) is 9.07. The van der Waals surface area contributed by atoms with Crippen molar-refractivity contribution in [1.29, 1.82) is 0 Å². The van der Waals surface area contributed by atoms with Gasteiger partial charge in [-0.15, -0.1) is 0 Å². The number of carbonyl (C=O) groups is 1. The Bertz CT molecular complexity index is 672. The van der Waals surface area contributed by atoms with Gasteiger partial charge in [0, 0.05) is 21.7 Å². The summed E-state index contributed by atoms with van der Waals surface area (Å²) in [5, 5.41) is 0. The molecule has 0 unspecified atom stereocenters. The predicted octanol–water partition coefficient (Wildman–Crippen LogP) is 4.29. The van der Waals surface area contributed by atoms with Crippen molar-refractivity contribution in [2.75, 3.05) is 18.0 Å². The lowest BCUT2D eigenvalue weighted by Gasteiger charge is -2.55. The molecule has 0 spiro atoms. The summed E-state index contributed by atoms with van der Waals surface area (Å²) in [6, 6.07) is 6.52. The van der Waals surface area contributed by atoms with Gasteiger partial charge in [-0.05, 0) is 77.2 Å². The van der Waals surface area contributed by atoms with E-state index in [0.717, 1.165) is 41.7 Å². The Morgan fingerprint density at radius 3 is 2.50 bits per heavy atom. The first-order chi connectivity index (χ1) is 11.3. The molecule has 0 atom stereocenters. The maximum absolute atomic E-state index is 13.1. The van der Waals surface area contributed by atoms with Crippen LogP contribution in [0.15, 0.2) is 22.7 Å². The summed E-state index contributed by atoms with van der Waals surface area (Å²) in [5.74, 6) is 0.237. The van der Waals surface area contributed by atoms with Gasteiger partial charge in [0.2, 0.25) is 5.91 Å². The van der Waals surface area contributed by atoms with Crippen LogP contribution < -0.4 is 4.90 Å². The van der Waals surface area contributed by atoms with E-state index in [2.05, 4.69) is 44.8 Å². The Morgan fingerprint density at radius 2 is 1.83 bits per heavy atom. The van der Waals surface area contributed by atoms with Gasteiger partial charge in [-0.3, -0.25) is 9.69 Å². The van der Waals surface area contributed by atoms with Gasteiger partial charge in [0.25, 0.3) is 0 Å². The second-order valence-electron chi connectivity index (χ2n) is 8.30. The fourth-order valence-electron chi connectivity index (χ4n) is 4.75. The topological polar surface area (TPSA) is 23.6 Å². The lowest BCUT2D eigenvalue weighted by Crippen LogP contribution is -2.64. The largest absolute Gasteiger partial charge is 0.308 e. The molecule has 1 aromatic rings. The van der Waals surface area contributed by atoms with Crippen LogP contribution in [0.2, 0.25) is 0 Å². The van der Waals surface area contributed by atoms with Crippen molar-refractivity contribution in [3.63, 3.8) is 0 Å². The fraction of sp³-hybridized carbons (Fsp3) is 0.600. The molecule has 2 aliphatic heterocycles. The molecule has 1 aliphatic carbocycles. The molecule has 4 rings (SSSR count). The van der Waals surface area contributed by atoms with E-state index in [0.29, 0.717) is 0 Å². The number of nitrogens with zero attached hydrogens (tertiary/aromatic N) is 2. The van der Waals surface area contributed by atoms with Crippen LogP contribution >= 0.6 is 15.9 Å². The number of fused-ring (bicyclic) bond motifs is 1. The zero-order valence-corrected chi connectivity index (χ0v) is 16.2. The number of hydrogen-bond acceptors (Lipinski definition) is 2. The van der Waals surface area contributed by atoms with Crippen molar-refractivity contribution in [1.82, 2.24) is 4.90 Å². The number of likely N-dealkylation sites (tertiary alicyclic amines) is 1. The molecule has 129 valence electrons. The van der Waals surface area contributed by atoms with Crippen molar-refractivity contribution < 1.29 is 4.79 Å². The molecule has 2 heterocycles. The van der Waals surface area contributed by atoms with E-state index in [1.54, 1.807) is 0 Å². The highest BCUT2D eigenvalue weighted by Crippen LogP contribution is 2.50. The summed E-state index contributed by atoms with van der Waals surface area (Å²) in [5.41, 5.74) is 1.84. The molecular weight excluding hydrogens is 364 g/mol. The van der Waals surface area contributed by atoms with Gasteiger partial charge in [-0.25, -0.2) is 0 Å². The quantitative estimate of drug-likeness (QED) is 0.752. The number of hydrogen-bond donors (Lipinski definition) is 0. The zero-order valence-electron chi connectivity index (χ0n) is 14.6. The molecule has 0 N–H and O–H groups in total. The number of piperidine rings is 1. The molecule has 24 heavy (non-hydrogen) atoms. The van der Waals surface area contributed by atoms with Crippen molar-refractivity contribution >= 4 is 27.5 Å². The van der Waals surface area contributed by atoms with Crippen molar-refractivity contribution in [3.05, 3.63) is 35.2 Å². The van der Waals surface area contributed by atoms with Crippen LogP contribution in [0.1, 0.15) is 51.5 Å². The maximum atomic E-state index is 13.1. The molecule has 0 bridgehead atoms. The summed E-state index contributed by atoms with van der Waals surface area (Å²) in [6.07, 6.45) is 5.89. The third-order valence-electron chi connectivity index (χ3n) is 6.27. The number of anilines is 1. The Morgan fingerprint density at radius 1 is 1.17 bits per heavy atom. The molecule has 0 aromatic heterocycles. The summed E-state index contributed by atoms with van der Waals surface area (Å²) in [7, 11) is 0. The van der Waals surface area contributed by atoms with E-state index in [4.69, 9.17) is 0 Å². The normalized spacial score (nSPS) is 32.6. The van der Waals surface area contributed by atoms with Crippen LogP contribution in [0.5, 0.6) is 0 Å². The molecule has 3 aliphatic rings. The van der Waals surface area contributed by atoms with Crippen LogP contribution in [0.3, 0.4) is 0 Å². The van der Waals surface area contributed by atoms with E-state index >= 15 is 0 Å². The number of rotatable bonds is 2. The van der Waals surface area contributed by atoms with E-state index in [9.17, 15) is 4.79 Å². The summed E-state index contributed by atoms with van der Waals surface area (Å²) in [4.78, 5) is 17.7. The van der Waals surface area contributed by atoms with Crippen LogP contribution in [-0.2, 0) is 10.2 Å². The highest BCUT2D eigenvalue weighted by Gasteiger charge is 2.54. The number of benzene rings is 1. The van der Waals surface area contributed by atoms with Gasteiger partial charge in [-0.1, -0.05) is 28.4 Å². The minimum absolute atomic E-state index is 0.0320. The smallest absolute Gasteiger partial charge is 0.237 e. The lowest BCUT2D eigenvalue weighted by molar-refractivity contribution is -0.123. The van der Waals surface area contributed by atoms with Crippen molar-refractivity contribution in [3.8, 4) is 0 Å². The average Bonchev–Trinajstić information content (AvgIpc) is 2.72. The minimum Gasteiger partial charge on any atom is -0.308 e. The SMILES string of the molecule is [CH2][C@]1(N2CCCCC2)C[C@@H](N2C(=O)C(C)(C)c3ccc(Br)cc32)C1. The van der Waals surface area contributed by atoms with Crippen LogP contribution in [0.4, 0.5) is 5.69 Å². The Hall–Kier alpha value is -0.870. The molecule has 1 amide bonds. The number of carbonyl (C=O) groups excluding carboxylic acids is 1. The predicted molar refractivity (Wildman–Crippen MR) is 101 cm³/mol. The highest BCUT2D eigenvalue weighted by molar-refractivity contribution is 9.10. The molecule has 2 fully saturated rings. The zero-order chi connectivity index (χ0) is 17.1. The molecule has 4 heteroatoms. The fourth-order valence-corrected chi connectivity index (χ4v) is 5.10. The average molecular weight is 390 g/mol. The Kier molecular flexibility index (Phi) is 3.85. The molecule has 1 radical (unpaired) electrons. The van der Waals surface area contributed by atoms with Gasteiger partial charge >= 0.3 is 0 Å². The second-order valence-corrected chi connectivity index (χ2v) is 9.21. The van der Waals surface area contributed by atoms with Crippen molar-refractivity contribution in [2.24, 2.45) is 0 Å². The van der Waals surface area contributed by atoms with Gasteiger partial charge in [0.1, 0.15) is 0 Å². The second kappa shape index (κ2) is 5.57.